The highest BCUT2D eigenvalue weighted by molar-refractivity contribution is 5.35. The third-order valence-electron chi connectivity index (χ3n) is 4.25. The molecule has 82 valence electrons. The van der Waals surface area contributed by atoms with E-state index in [1.807, 2.05) is 0 Å². The van der Waals surface area contributed by atoms with Gasteiger partial charge in [0.05, 0.1) is 5.69 Å². The number of nitrogens with one attached hydrogen (secondary N) is 2. The maximum atomic E-state index is 4.44. The first kappa shape index (κ1) is 9.40. The average molecular weight is 205 g/mol. The molecule has 0 amide bonds. The van der Waals surface area contributed by atoms with Crippen molar-refractivity contribution in [2.45, 2.75) is 45.1 Å². The van der Waals surface area contributed by atoms with Gasteiger partial charge in [-0.1, -0.05) is 6.92 Å². The predicted octanol–water partition coefficient (Wildman–Crippen LogP) is 1.96. The number of aryl methyl sites for hydroxylation is 2. The van der Waals surface area contributed by atoms with E-state index in [0.29, 0.717) is 11.5 Å². The maximum Gasteiger partial charge on any atom is 0.0670 e. The van der Waals surface area contributed by atoms with Gasteiger partial charge < -0.3 is 5.32 Å². The van der Waals surface area contributed by atoms with Crippen molar-refractivity contribution in [2.75, 3.05) is 7.05 Å². The fourth-order valence-corrected chi connectivity index (χ4v) is 3.20. The molecule has 15 heavy (non-hydrogen) atoms. The van der Waals surface area contributed by atoms with Gasteiger partial charge in [-0.15, -0.1) is 0 Å². The molecule has 0 saturated heterocycles. The van der Waals surface area contributed by atoms with Crippen molar-refractivity contribution < 1.29 is 0 Å². The summed E-state index contributed by atoms with van der Waals surface area (Å²) in [5.41, 5.74) is 4.72. The Hall–Kier alpha value is -0.830. The number of hydrogen-bond donors (Lipinski definition) is 2. The van der Waals surface area contributed by atoms with Crippen LogP contribution in [0.15, 0.2) is 0 Å². The van der Waals surface area contributed by atoms with Crippen molar-refractivity contribution >= 4 is 0 Å². The Morgan fingerprint density at radius 1 is 1.47 bits per heavy atom. The SMILES string of the molecule is CCc1n[nH]c2c1C(NC)C1(CC2)CC1. The highest BCUT2D eigenvalue weighted by atomic mass is 15.1. The lowest BCUT2D eigenvalue weighted by atomic mass is 9.79. The molecule has 3 heteroatoms. The molecule has 0 aliphatic heterocycles. The van der Waals surface area contributed by atoms with Crippen molar-refractivity contribution in [3.05, 3.63) is 17.0 Å². The summed E-state index contributed by atoms with van der Waals surface area (Å²) in [6, 6.07) is 0.551. The van der Waals surface area contributed by atoms with Crippen molar-refractivity contribution in [3.8, 4) is 0 Å². The Morgan fingerprint density at radius 2 is 2.27 bits per heavy atom. The fraction of sp³-hybridized carbons (Fsp3) is 0.750. The van der Waals surface area contributed by atoms with Crippen LogP contribution >= 0.6 is 0 Å². The molecule has 0 radical (unpaired) electrons. The van der Waals surface area contributed by atoms with Crippen LogP contribution in [0.5, 0.6) is 0 Å². The molecule has 1 heterocycles. The third-order valence-corrected chi connectivity index (χ3v) is 4.25. The van der Waals surface area contributed by atoms with Crippen molar-refractivity contribution in [1.29, 1.82) is 0 Å². The van der Waals surface area contributed by atoms with Crippen LogP contribution in [0.3, 0.4) is 0 Å². The Labute approximate surface area is 90.7 Å². The molecule has 1 aromatic heterocycles. The van der Waals surface area contributed by atoms with Gasteiger partial charge in [0, 0.05) is 17.3 Å². The van der Waals surface area contributed by atoms with E-state index in [4.69, 9.17) is 0 Å². The van der Waals surface area contributed by atoms with Gasteiger partial charge in [-0.25, -0.2) is 0 Å². The standard InChI is InChI=1S/C12H19N3/c1-3-8-10-9(15-14-8)4-5-12(6-7-12)11(10)13-2/h11,13H,3-7H2,1-2H3,(H,14,15). The summed E-state index contributed by atoms with van der Waals surface area (Å²) in [6.45, 7) is 2.19. The Morgan fingerprint density at radius 3 is 2.87 bits per heavy atom. The minimum Gasteiger partial charge on any atom is -0.312 e. The van der Waals surface area contributed by atoms with E-state index in [2.05, 4.69) is 29.5 Å². The highest BCUT2D eigenvalue weighted by Crippen LogP contribution is 2.60. The van der Waals surface area contributed by atoms with E-state index in [9.17, 15) is 0 Å². The van der Waals surface area contributed by atoms with Gasteiger partial charge in [0.25, 0.3) is 0 Å². The number of aromatic amines is 1. The molecule has 2 aliphatic carbocycles. The number of aromatic nitrogens is 2. The quantitative estimate of drug-likeness (QED) is 0.775. The summed E-state index contributed by atoms with van der Waals surface area (Å²) in [4.78, 5) is 0. The van der Waals surface area contributed by atoms with Crippen molar-refractivity contribution in [2.24, 2.45) is 5.41 Å². The van der Waals surface area contributed by atoms with Crippen LogP contribution in [-0.4, -0.2) is 17.2 Å². The van der Waals surface area contributed by atoms with Crippen LogP contribution in [-0.2, 0) is 12.8 Å². The number of nitrogens with zero attached hydrogens (tertiary/aromatic N) is 1. The largest absolute Gasteiger partial charge is 0.312 e. The molecule has 1 aromatic rings. The van der Waals surface area contributed by atoms with E-state index >= 15 is 0 Å². The summed E-state index contributed by atoms with van der Waals surface area (Å²) in [5.74, 6) is 0. The molecule has 1 atom stereocenters. The van der Waals surface area contributed by atoms with Gasteiger partial charge in [-0.3, -0.25) is 5.10 Å². The summed E-state index contributed by atoms with van der Waals surface area (Å²) >= 11 is 0. The summed E-state index contributed by atoms with van der Waals surface area (Å²) < 4.78 is 0. The molecule has 1 unspecified atom stereocenters. The Balaban J connectivity index is 2.07. The van der Waals surface area contributed by atoms with E-state index in [1.54, 1.807) is 0 Å². The topological polar surface area (TPSA) is 40.7 Å². The van der Waals surface area contributed by atoms with Gasteiger partial charge in [0.15, 0.2) is 0 Å². The van der Waals surface area contributed by atoms with E-state index in [1.165, 1.54) is 42.6 Å². The average Bonchev–Trinajstić information content (AvgIpc) is 2.91. The lowest BCUT2D eigenvalue weighted by Gasteiger charge is -2.32. The van der Waals surface area contributed by atoms with Crippen molar-refractivity contribution in [1.82, 2.24) is 15.5 Å². The first-order valence-corrected chi connectivity index (χ1v) is 6.04. The minimum absolute atomic E-state index is 0.551. The zero-order chi connectivity index (χ0) is 10.5. The van der Waals surface area contributed by atoms with Gasteiger partial charge in [0.1, 0.15) is 0 Å². The lowest BCUT2D eigenvalue weighted by molar-refractivity contribution is 0.310. The van der Waals surface area contributed by atoms with Crippen LogP contribution < -0.4 is 5.32 Å². The second kappa shape index (κ2) is 3.08. The van der Waals surface area contributed by atoms with Gasteiger partial charge in [0.2, 0.25) is 0 Å². The number of hydrogen-bond acceptors (Lipinski definition) is 2. The zero-order valence-corrected chi connectivity index (χ0v) is 9.56. The van der Waals surface area contributed by atoms with Crippen LogP contribution in [0.4, 0.5) is 0 Å². The van der Waals surface area contributed by atoms with Crippen molar-refractivity contribution in [3.63, 3.8) is 0 Å². The molecule has 2 N–H and O–H groups in total. The monoisotopic (exact) mass is 205 g/mol. The van der Waals surface area contributed by atoms with Gasteiger partial charge in [-0.2, -0.15) is 5.10 Å². The molecule has 3 rings (SSSR count). The minimum atomic E-state index is 0.551. The molecular weight excluding hydrogens is 186 g/mol. The molecule has 2 aliphatic rings. The first-order valence-electron chi connectivity index (χ1n) is 6.04. The molecule has 1 spiro atoms. The number of fused-ring (bicyclic) bond motifs is 1. The van der Waals surface area contributed by atoms with Crippen LogP contribution in [0, 0.1) is 5.41 Å². The van der Waals surface area contributed by atoms with E-state index in [-0.39, 0.29) is 0 Å². The number of H-pyrrole nitrogens is 1. The Bertz CT molecular complexity index is 363. The van der Waals surface area contributed by atoms with Gasteiger partial charge in [-0.05, 0) is 44.6 Å². The van der Waals surface area contributed by atoms with E-state index < -0.39 is 0 Å². The molecular formula is C12H19N3. The maximum absolute atomic E-state index is 4.44. The second-order valence-electron chi connectivity index (χ2n) is 5.00. The molecule has 3 nitrogen and oxygen atoms in total. The summed E-state index contributed by atoms with van der Waals surface area (Å²) in [7, 11) is 2.09. The lowest BCUT2D eigenvalue weighted by Crippen LogP contribution is -2.31. The predicted molar refractivity (Wildman–Crippen MR) is 59.8 cm³/mol. The zero-order valence-electron chi connectivity index (χ0n) is 9.56. The van der Waals surface area contributed by atoms with Crippen LogP contribution in [0.2, 0.25) is 0 Å². The normalized spacial score (nSPS) is 26.7. The molecule has 0 bridgehead atoms. The Kier molecular flexibility index (Phi) is 1.93. The summed E-state index contributed by atoms with van der Waals surface area (Å²) in [5, 5.41) is 11.2. The fourth-order valence-electron chi connectivity index (χ4n) is 3.20. The second-order valence-corrected chi connectivity index (χ2v) is 5.00. The molecule has 0 aromatic carbocycles. The number of rotatable bonds is 2. The van der Waals surface area contributed by atoms with Gasteiger partial charge >= 0.3 is 0 Å². The summed E-state index contributed by atoms with van der Waals surface area (Å²) in [6.07, 6.45) is 6.36. The van der Waals surface area contributed by atoms with Crippen LogP contribution in [0.1, 0.15) is 49.2 Å². The first-order chi connectivity index (χ1) is 7.30. The highest BCUT2D eigenvalue weighted by Gasteiger charge is 2.52. The van der Waals surface area contributed by atoms with Crippen LogP contribution in [0.25, 0.3) is 0 Å². The van der Waals surface area contributed by atoms with E-state index in [0.717, 1.165) is 6.42 Å². The third kappa shape index (κ3) is 1.19. The molecule has 1 saturated carbocycles. The molecule has 1 fully saturated rings. The smallest absolute Gasteiger partial charge is 0.0670 e.